The predicted octanol–water partition coefficient (Wildman–Crippen LogP) is 4.72. The van der Waals surface area contributed by atoms with Gasteiger partial charge in [0.05, 0.1) is 15.7 Å². The first-order chi connectivity index (χ1) is 10.5. The zero-order chi connectivity index (χ0) is 15.9. The van der Waals surface area contributed by atoms with Crippen molar-refractivity contribution in [3.05, 3.63) is 50.2 Å². The van der Waals surface area contributed by atoms with Gasteiger partial charge in [0, 0.05) is 25.2 Å². The Morgan fingerprint density at radius 2 is 1.95 bits per heavy atom. The van der Waals surface area contributed by atoms with Crippen LogP contribution in [0.3, 0.4) is 0 Å². The van der Waals surface area contributed by atoms with Crippen LogP contribution in [-0.4, -0.2) is 15.8 Å². The number of hydrogen-bond donors (Lipinski definition) is 1. The van der Waals surface area contributed by atoms with E-state index in [1.165, 1.54) is 5.56 Å². The first-order valence-corrected chi connectivity index (χ1v) is 8.45. The number of halogens is 3. The summed E-state index contributed by atoms with van der Waals surface area (Å²) in [4.78, 5) is 0. The maximum Gasteiger partial charge on any atom is 0.131 e. The van der Waals surface area contributed by atoms with E-state index in [1.807, 2.05) is 26.1 Å². The van der Waals surface area contributed by atoms with Gasteiger partial charge >= 0.3 is 0 Å². The van der Waals surface area contributed by atoms with Crippen molar-refractivity contribution in [3.8, 4) is 0 Å². The Kier molecular flexibility index (Phi) is 4.69. The molecule has 118 valence electrons. The van der Waals surface area contributed by atoms with Crippen molar-refractivity contribution in [2.75, 3.05) is 0 Å². The maximum absolute atomic E-state index is 6.25. The number of aromatic nitrogens is 2. The van der Waals surface area contributed by atoms with Gasteiger partial charge in [-0.05, 0) is 43.4 Å². The van der Waals surface area contributed by atoms with Crippen molar-refractivity contribution in [3.63, 3.8) is 0 Å². The van der Waals surface area contributed by atoms with Crippen LogP contribution in [0.5, 0.6) is 0 Å². The van der Waals surface area contributed by atoms with Crippen LogP contribution in [-0.2, 0) is 13.6 Å². The summed E-state index contributed by atoms with van der Waals surface area (Å²) >= 11 is 18.3. The molecule has 3 rings (SSSR count). The largest absolute Gasteiger partial charge is 0.310 e. The molecule has 1 fully saturated rings. The normalized spacial score (nSPS) is 21.0. The molecule has 1 aliphatic rings. The van der Waals surface area contributed by atoms with E-state index >= 15 is 0 Å². The zero-order valence-electron chi connectivity index (χ0n) is 12.5. The minimum absolute atomic E-state index is 0.509. The molecule has 0 spiro atoms. The Morgan fingerprint density at radius 3 is 2.55 bits per heavy atom. The van der Waals surface area contributed by atoms with E-state index in [0.717, 1.165) is 30.6 Å². The summed E-state index contributed by atoms with van der Waals surface area (Å²) in [6.45, 7) is 2.75. The van der Waals surface area contributed by atoms with Crippen molar-refractivity contribution in [2.24, 2.45) is 7.05 Å². The van der Waals surface area contributed by atoms with Gasteiger partial charge in [0.1, 0.15) is 5.15 Å². The lowest BCUT2D eigenvalue weighted by Crippen LogP contribution is -2.39. The molecule has 1 N–H and O–H groups in total. The smallest absolute Gasteiger partial charge is 0.131 e. The zero-order valence-corrected chi connectivity index (χ0v) is 14.8. The van der Waals surface area contributed by atoms with Crippen LogP contribution in [0.2, 0.25) is 15.2 Å². The van der Waals surface area contributed by atoms with Crippen LogP contribution in [0.15, 0.2) is 18.2 Å². The fourth-order valence-corrected chi connectivity index (χ4v) is 3.49. The molecule has 1 aliphatic carbocycles. The summed E-state index contributed by atoms with van der Waals surface area (Å²) in [6, 6.07) is 6.43. The number of aryl methyl sites for hydroxylation is 2. The third-order valence-corrected chi connectivity index (χ3v) is 5.60. The molecule has 1 saturated carbocycles. The number of hydrogen-bond acceptors (Lipinski definition) is 2. The van der Waals surface area contributed by atoms with Crippen LogP contribution < -0.4 is 5.32 Å². The van der Waals surface area contributed by atoms with Crippen LogP contribution in [0.25, 0.3) is 0 Å². The molecule has 3 nitrogen and oxygen atoms in total. The lowest BCUT2D eigenvalue weighted by molar-refractivity contribution is 0.289. The SMILES string of the molecule is Cc1nn(C)c(Cl)c1CNC1CC(c2ccc(Cl)c(Cl)c2)C1. The highest BCUT2D eigenvalue weighted by Crippen LogP contribution is 2.39. The average Bonchev–Trinajstić information content (AvgIpc) is 2.66. The Bertz CT molecular complexity index is 690. The van der Waals surface area contributed by atoms with Gasteiger partial charge in [0.2, 0.25) is 0 Å². The summed E-state index contributed by atoms with van der Waals surface area (Å²) in [5, 5.41) is 9.85. The van der Waals surface area contributed by atoms with Crippen molar-refractivity contribution in [2.45, 2.75) is 38.3 Å². The van der Waals surface area contributed by atoms with Gasteiger partial charge in [0.15, 0.2) is 0 Å². The van der Waals surface area contributed by atoms with E-state index in [2.05, 4.69) is 16.5 Å². The summed E-state index contributed by atoms with van der Waals surface area (Å²) in [7, 11) is 1.86. The Labute approximate surface area is 145 Å². The van der Waals surface area contributed by atoms with Crippen LogP contribution >= 0.6 is 34.8 Å². The monoisotopic (exact) mass is 357 g/mol. The third-order valence-electron chi connectivity index (χ3n) is 4.39. The van der Waals surface area contributed by atoms with Gasteiger partial charge in [0.25, 0.3) is 0 Å². The summed E-state index contributed by atoms with van der Waals surface area (Å²) < 4.78 is 1.72. The third kappa shape index (κ3) is 3.13. The van der Waals surface area contributed by atoms with Crippen molar-refractivity contribution < 1.29 is 0 Å². The van der Waals surface area contributed by atoms with Gasteiger partial charge in [-0.15, -0.1) is 0 Å². The topological polar surface area (TPSA) is 29.9 Å². The molecule has 2 aromatic rings. The molecule has 1 aromatic heterocycles. The highest BCUT2D eigenvalue weighted by atomic mass is 35.5. The second-order valence-corrected chi connectivity index (χ2v) is 7.07. The van der Waals surface area contributed by atoms with E-state index in [0.29, 0.717) is 27.2 Å². The molecule has 1 aromatic carbocycles. The second-order valence-electron chi connectivity index (χ2n) is 5.90. The van der Waals surface area contributed by atoms with Gasteiger partial charge in [-0.1, -0.05) is 40.9 Å². The number of nitrogens with zero attached hydrogens (tertiary/aromatic N) is 2. The van der Waals surface area contributed by atoms with Gasteiger partial charge in [-0.25, -0.2) is 0 Å². The van der Waals surface area contributed by atoms with E-state index in [9.17, 15) is 0 Å². The number of rotatable bonds is 4. The Balaban J connectivity index is 1.54. The summed E-state index contributed by atoms with van der Waals surface area (Å²) in [6.07, 6.45) is 2.21. The van der Waals surface area contributed by atoms with Crippen molar-refractivity contribution in [1.82, 2.24) is 15.1 Å². The first-order valence-electron chi connectivity index (χ1n) is 7.32. The van der Waals surface area contributed by atoms with Crippen LogP contribution in [0, 0.1) is 6.92 Å². The fraction of sp³-hybridized carbons (Fsp3) is 0.438. The Hall–Kier alpha value is -0.740. The molecule has 0 aliphatic heterocycles. The standard InChI is InChI=1S/C16H18Cl3N3/c1-9-13(16(19)22(2)21-9)8-20-12-5-11(6-12)10-3-4-14(17)15(18)7-10/h3-4,7,11-12,20H,5-6,8H2,1-2H3. The molecular weight excluding hydrogens is 341 g/mol. The van der Waals surface area contributed by atoms with Crippen LogP contribution in [0.1, 0.15) is 35.6 Å². The van der Waals surface area contributed by atoms with Crippen molar-refractivity contribution >= 4 is 34.8 Å². The molecular formula is C16H18Cl3N3. The minimum Gasteiger partial charge on any atom is -0.310 e. The molecule has 0 unspecified atom stereocenters. The van der Waals surface area contributed by atoms with Gasteiger partial charge in [-0.2, -0.15) is 5.10 Å². The van der Waals surface area contributed by atoms with Crippen LogP contribution in [0.4, 0.5) is 0 Å². The van der Waals surface area contributed by atoms with E-state index < -0.39 is 0 Å². The maximum atomic E-state index is 6.25. The minimum atomic E-state index is 0.509. The first kappa shape index (κ1) is 16.1. The lowest BCUT2D eigenvalue weighted by atomic mass is 9.76. The van der Waals surface area contributed by atoms with Gasteiger partial charge in [-0.3, -0.25) is 4.68 Å². The molecule has 6 heteroatoms. The quantitative estimate of drug-likeness (QED) is 0.856. The van der Waals surface area contributed by atoms with Gasteiger partial charge < -0.3 is 5.32 Å². The highest BCUT2D eigenvalue weighted by Gasteiger charge is 2.30. The number of nitrogens with one attached hydrogen (secondary N) is 1. The van der Waals surface area contributed by atoms with E-state index in [-0.39, 0.29) is 0 Å². The molecule has 22 heavy (non-hydrogen) atoms. The molecule has 0 atom stereocenters. The Morgan fingerprint density at radius 1 is 1.23 bits per heavy atom. The number of benzene rings is 1. The van der Waals surface area contributed by atoms with E-state index in [1.54, 1.807) is 4.68 Å². The molecule has 0 amide bonds. The summed E-state index contributed by atoms with van der Waals surface area (Å²) in [5.74, 6) is 0.553. The fourth-order valence-electron chi connectivity index (χ4n) is 2.94. The molecule has 1 heterocycles. The van der Waals surface area contributed by atoms with Crippen molar-refractivity contribution in [1.29, 1.82) is 0 Å². The lowest BCUT2D eigenvalue weighted by Gasteiger charge is -2.36. The molecule has 0 radical (unpaired) electrons. The second kappa shape index (κ2) is 6.40. The molecule has 0 saturated heterocycles. The predicted molar refractivity (Wildman–Crippen MR) is 92.0 cm³/mol. The van der Waals surface area contributed by atoms with E-state index in [4.69, 9.17) is 34.8 Å². The molecule has 0 bridgehead atoms. The summed E-state index contributed by atoms with van der Waals surface area (Å²) in [5.41, 5.74) is 3.34. The highest BCUT2D eigenvalue weighted by molar-refractivity contribution is 6.42. The average molecular weight is 359 g/mol.